The number of amides is 2. The molecule has 1 aliphatic heterocycles. The van der Waals surface area contributed by atoms with Crippen molar-refractivity contribution in [2.75, 3.05) is 43.0 Å². The van der Waals surface area contributed by atoms with Gasteiger partial charge >= 0.3 is 0 Å². The van der Waals surface area contributed by atoms with Gasteiger partial charge in [0.2, 0.25) is 5.91 Å². The van der Waals surface area contributed by atoms with Crippen LogP contribution in [0.3, 0.4) is 0 Å². The van der Waals surface area contributed by atoms with Crippen molar-refractivity contribution < 1.29 is 14.3 Å². The molecule has 30 heavy (non-hydrogen) atoms. The van der Waals surface area contributed by atoms with Crippen LogP contribution in [0, 0.1) is 5.92 Å². The number of carbonyl (C=O) groups is 2. The Hall–Kier alpha value is -2.54. The van der Waals surface area contributed by atoms with Gasteiger partial charge in [0.1, 0.15) is 5.75 Å². The zero-order chi connectivity index (χ0) is 21.5. The summed E-state index contributed by atoms with van der Waals surface area (Å²) in [5, 5.41) is 2.85. The highest BCUT2D eigenvalue weighted by molar-refractivity contribution is 9.10. The fraction of sp³-hybridized carbons (Fsp3) is 0.391. The second kappa shape index (κ2) is 10.5. The summed E-state index contributed by atoms with van der Waals surface area (Å²) < 4.78 is 6.45. The number of nitrogens with one attached hydrogen (secondary N) is 1. The summed E-state index contributed by atoms with van der Waals surface area (Å²) in [7, 11) is 0. The number of halogens is 1. The lowest BCUT2D eigenvalue weighted by Crippen LogP contribution is -2.49. The first-order valence-corrected chi connectivity index (χ1v) is 11.0. The Labute approximate surface area is 186 Å². The molecular weight excluding hydrogens is 446 g/mol. The molecule has 2 aromatic rings. The van der Waals surface area contributed by atoms with Crippen LogP contribution in [-0.2, 0) is 9.59 Å². The Bertz CT molecular complexity index is 845. The van der Waals surface area contributed by atoms with Gasteiger partial charge in [0.15, 0.2) is 6.61 Å². The Balaban J connectivity index is 1.45. The predicted molar refractivity (Wildman–Crippen MR) is 123 cm³/mol. The summed E-state index contributed by atoms with van der Waals surface area (Å²) in [6.07, 6.45) is 0.611. The van der Waals surface area contributed by atoms with E-state index in [0.29, 0.717) is 18.1 Å². The first-order chi connectivity index (χ1) is 14.4. The molecule has 0 aliphatic carbocycles. The molecule has 1 heterocycles. The molecule has 1 fully saturated rings. The predicted octanol–water partition coefficient (Wildman–Crippen LogP) is 4.16. The van der Waals surface area contributed by atoms with Crippen LogP contribution in [-0.4, -0.2) is 49.5 Å². The second-order valence-corrected chi connectivity index (χ2v) is 8.72. The van der Waals surface area contributed by atoms with E-state index in [1.54, 1.807) is 0 Å². The van der Waals surface area contributed by atoms with Crippen molar-refractivity contribution in [2.45, 2.75) is 20.3 Å². The van der Waals surface area contributed by atoms with Crippen LogP contribution < -0.4 is 15.0 Å². The van der Waals surface area contributed by atoms with Crippen LogP contribution in [0.4, 0.5) is 11.4 Å². The molecule has 0 radical (unpaired) electrons. The first-order valence-electron chi connectivity index (χ1n) is 10.2. The van der Waals surface area contributed by atoms with E-state index in [1.807, 2.05) is 53.4 Å². The van der Waals surface area contributed by atoms with E-state index in [-0.39, 0.29) is 18.4 Å². The average molecular weight is 474 g/mol. The Kier molecular flexibility index (Phi) is 7.74. The molecule has 2 aromatic carbocycles. The molecule has 3 rings (SSSR count). The minimum atomic E-state index is -0.206. The number of hydrogen-bond acceptors (Lipinski definition) is 4. The summed E-state index contributed by atoms with van der Waals surface area (Å²) in [4.78, 5) is 28.6. The van der Waals surface area contributed by atoms with E-state index in [1.165, 1.54) is 0 Å². The quantitative estimate of drug-likeness (QED) is 0.655. The van der Waals surface area contributed by atoms with Gasteiger partial charge in [0.25, 0.3) is 5.91 Å². The van der Waals surface area contributed by atoms with Crippen LogP contribution in [0.1, 0.15) is 20.3 Å². The van der Waals surface area contributed by atoms with E-state index >= 15 is 0 Å². The first kappa shape index (κ1) is 22.2. The molecule has 7 heteroatoms. The highest BCUT2D eigenvalue weighted by atomic mass is 79.9. The summed E-state index contributed by atoms with van der Waals surface area (Å²) in [6.45, 7) is 7.22. The highest BCUT2D eigenvalue weighted by Gasteiger charge is 2.21. The third-order valence-corrected chi connectivity index (χ3v) is 5.44. The Morgan fingerprint density at radius 3 is 2.23 bits per heavy atom. The maximum atomic E-state index is 12.2. The summed E-state index contributed by atoms with van der Waals surface area (Å²) >= 11 is 3.37. The number of anilines is 2. The largest absolute Gasteiger partial charge is 0.484 e. The summed E-state index contributed by atoms with van der Waals surface area (Å²) in [5.41, 5.74) is 1.82. The van der Waals surface area contributed by atoms with Gasteiger partial charge in [-0.15, -0.1) is 0 Å². The van der Waals surface area contributed by atoms with Crippen molar-refractivity contribution >= 4 is 39.1 Å². The number of carbonyl (C=O) groups excluding carboxylic acids is 2. The topological polar surface area (TPSA) is 61.9 Å². The van der Waals surface area contributed by atoms with Gasteiger partial charge in [-0.25, -0.2) is 0 Å². The van der Waals surface area contributed by atoms with Crippen LogP contribution in [0.2, 0.25) is 0 Å². The van der Waals surface area contributed by atoms with Crippen molar-refractivity contribution in [2.24, 2.45) is 5.92 Å². The lowest BCUT2D eigenvalue weighted by atomic mass is 10.1. The van der Waals surface area contributed by atoms with Gasteiger partial charge in [-0.2, -0.15) is 0 Å². The average Bonchev–Trinajstić information content (AvgIpc) is 2.73. The molecular formula is C23H28BrN3O3. The van der Waals surface area contributed by atoms with Gasteiger partial charge < -0.3 is 19.9 Å². The molecule has 1 N–H and O–H groups in total. The highest BCUT2D eigenvalue weighted by Crippen LogP contribution is 2.20. The van der Waals surface area contributed by atoms with Crippen LogP contribution >= 0.6 is 15.9 Å². The summed E-state index contributed by atoms with van der Waals surface area (Å²) in [6, 6.07) is 15.1. The molecule has 1 saturated heterocycles. The lowest BCUT2D eigenvalue weighted by molar-refractivity contribution is -0.132. The van der Waals surface area contributed by atoms with Crippen LogP contribution in [0.5, 0.6) is 5.75 Å². The Morgan fingerprint density at radius 1 is 1.00 bits per heavy atom. The van der Waals surface area contributed by atoms with Crippen molar-refractivity contribution in [3.63, 3.8) is 0 Å². The Morgan fingerprint density at radius 2 is 1.63 bits per heavy atom. The maximum absolute atomic E-state index is 12.2. The zero-order valence-corrected chi connectivity index (χ0v) is 19.0. The van der Waals surface area contributed by atoms with E-state index < -0.39 is 0 Å². The normalized spacial score (nSPS) is 14.0. The van der Waals surface area contributed by atoms with Gasteiger partial charge in [-0.05, 0) is 54.4 Å². The van der Waals surface area contributed by atoms with Gasteiger partial charge in [-0.1, -0.05) is 29.8 Å². The minimum absolute atomic E-state index is 0.0459. The van der Waals surface area contributed by atoms with E-state index in [0.717, 1.165) is 42.0 Å². The molecule has 0 atom stereocenters. The second-order valence-electron chi connectivity index (χ2n) is 7.80. The maximum Gasteiger partial charge on any atom is 0.262 e. The molecule has 160 valence electrons. The zero-order valence-electron chi connectivity index (χ0n) is 17.4. The van der Waals surface area contributed by atoms with Crippen molar-refractivity contribution in [1.29, 1.82) is 0 Å². The minimum Gasteiger partial charge on any atom is -0.484 e. The number of ether oxygens (including phenoxy) is 1. The molecule has 1 aliphatic rings. The fourth-order valence-electron chi connectivity index (χ4n) is 3.32. The molecule has 0 aromatic heterocycles. The fourth-order valence-corrected chi connectivity index (χ4v) is 3.59. The van der Waals surface area contributed by atoms with Gasteiger partial charge in [0, 0.05) is 48.4 Å². The number of hydrogen-bond donors (Lipinski definition) is 1. The molecule has 0 unspecified atom stereocenters. The number of piperazine rings is 1. The molecule has 0 saturated carbocycles. The van der Waals surface area contributed by atoms with Crippen LogP contribution in [0.15, 0.2) is 53.0 Å². The third kappa shape index (κ3) is 6.49. The third-order valence-electron chi connectivity index (χ3n) is 4.92. The smallest absolute Gasteiger partial charge is 0.262 e. The van der Waals surface area contributed by atoms with E-state index in [4.69, 9.17) is 4.74 Å². The van der Waals surface area contributed by atoms with E-state index in [2.05, 4.69) is 40.0 Å². The van der Waals surface area contributed by atoms with Crippen molar-refractivity contribution in [1.82, 2.24) is 4.90 Å². The van der Waals surface area contributed by atoms with Crippen molar-refractivity contribution in [3.8, 4) is 5.75 Å². The molecule has 2 amide bonds. The SMILES string of the molecule is CC(C)CC(=O)N1CCN(c2ccc(NC(=O)COc3ccc(Br)cc3)cc2)CC1. The van der Waals surface area contributed by atoms with Gasteiger partial charge in [0.05, 0.1) is 0 Å². The monoisotopic (exact) mass is 473 g/mol. The summed E-state index contributed by atoms with van der Waals surface area (Å²) in [5.74, 6) is 1.07. The van der Waals surface area contributed by atoms with Crippen LogP contribution in [0.25, 0.3) is 0 Å². The van der Waals surface area contributed by atoms with Crippen molar-refractivity contribution in [3.05, 3.63) is 53.0 Å². The molecule has 0 bridgehead atoms. The number of nitrogens with zero attached hydrogens (tertiary/aromatic N) is 2. The molecule has 0 spiro atoms. The standard InChI is InChI=1S/C23H28BrN3O3/c1-17(2)15-23(29)27-13-11-26(12-14-27)20-7-5-19(6-8-20)25-22(28)16-30-21-9-3-18(24)4-10-21/h3-10,17H,11-16H2,1-2H3,(H,25,28). The number of rotatable bonds is 7. The lowest BCUT2D eigenvalue weighted by Gasteiger charge is -2.36. The van der Waals surface area contributed by atoms with Gasteiger partial charge in [-0.3, -0.25) is 9.59 Å². The molecule has 6 nitrogen and oxygen atoms in total. The number of benzene rings is 2. The van der Waals surface area contributed by atoms with E-state index in [9.17, 15) is 9.59 Å².